The van der Waals surface area contributed by atoms with E-state index in [2.05, 4.69) is 16.4 Å². The lowest BCUT2D eigenvalue weighted by Gasteiger charge is -2.12. The number of methoxy groups -OCH3 is 1. The predicted molar refractivity (Wildman–Crippen MR) is 74.4 cm³/mol. The molecule has 0 radical (unpaired) electrons. The predicted octanol–water partition coefficient (Wildman–Crippen LogP) is 2.16. The second-order valence-electron chi connectivity index (χ2n) is 3.87. The fourth-order valence-corrected chi connectivity index (χ4v) is 1.68. The number of aromatic nitrogens is 1. The van der Waals surface area contributed by atoms with E-state index < -0.39 is 0 Å². The van der Waals surface area contributed by atoms with Crippen LogP contribution in [0.3, 0.4) is 0 Å². The zero-order chi connectivity index (χ0) is 14.5. The molecule has 1 aromatic heterocycles. The Hall–Kier alpha value is -3.25. The van der Waals surface area contributed by atoms with Gasteiger partial charge in [0.15, 0.2) is 5.69 Å². The molecule has 1 heterocycles. The van der Waals surface area contributed by atoms with Crippen molar-refractivity contribution in [1.29, 1.82) is 10.5 Å². The van der Waals surface area contributed by atoms with Crippen molar-refractivity contribution in [2.75, 3.05) is 18.2 Å². The van der Waals surface area contributed by atoms with Crippen molar-refractivity contribution in [1.82, 2.24) is 4.98 Å². The number of para-hydroxylation sites is 1. The standard InChI is InChI=1S/C14H11N5O/c1-20-12-4-2-3-9(7-15)14(12)19-13-6-5-10(17)11(8-16)18-13/h2-6H,17H2,1H3,(H,18,19). The normalized spacial score (nSPS) is 9.35. The van der Waals surface area contributed by atoms with Crippen LogP contribution in [-0.2, 0) is 0 Å². The van der Waals surface area contributed by atoms with Crippen LogP contribution in [0.5, 0.6) is 5.75 Å². The summed E-state index contributed by atoms with van der Waals surface area (Å²) < 4.78 is 5.21. The zero-order valence-corrected chi connectivity index (χ0v) is 10.7. The van der Waals surface area contributed by atoms with Crippen molar-refractivity contribution >= 4 is 17.2 Å². The molecule has 0 aliphatic rings. The molecular formula is C14H11N5O. The molecule has 2 aromatic rings. The third-order valence-electron chi connectivity index (χ3n) is 2.65. The van der Waals surface area contributed by atoms with Gasteiger partial charge in [0, 0.05) is 0 Å². The van der Waals surface area contributed by atoms with Crippen LogP contribution in [0.4, 0.5) is 17.2 Å². The number of nitrogens with two attached hydrogens (primary N) is 1. The maximum atomic E-state index is 9.12. The minimum Gasteiger partial charge on any atom is -0.495 e. The van der Waals surface area contributed by atoms with Gasteiger partial charge in [0.2, 0.25) is 0 Å². The first-order valence-corrected chi connectivity index (χ1v) is 5.70. The Morgan fingerprint density at radius 1 is 1.20 bits per heavy atom. The van der Waals surface area contributed by atoms with Crippen molar-refractivity contribution in [2.45, 2.75) is 0 Å². The summed E-state index contributed by atoms with van der Waals surface area (Å²) in [6.45, 7) is 0. The fourth-order valence-electron chi connectivity index (χ4n) is 1.68. The molecule has 0 amide bonds. The van der Waals surface area contributed by atoms with Gasteiger partial charge >= 0.3 is 0 Å². The Labute approximate surface area is 116 Å². The summed E-state index contributed by atoms with van der Waals surface area (Å²) in [4.78, 5) is 4.07. The first kappa shape index (κ1) is 13.2. The molecule has 6 nitrogen and oxygen atoms in total. The molecule has 98 valence electrons. The van der Waals surface area contributed by atoms with Crippen molar-refractivity contribution in [2.24, 2.45) is 0 Å². The number of rotatable bonds is 3. The first-order valence-electron chi connectivity index (χ1n) is 5.70. The van der Waals surface area contributed by atoms with Crippen LogP contribution in [0.25, 0.3) is 0 Å². The van der Waals surface area contributed by atoms with Crippen molar-refractivity contribution < 1.29 is 4.74 Å². The SMILES string of the molecule is COc1cccc(C#N)c1Nc1ccc(N)c(C#N)n1. The second kappa shape index (κ2) is 5.59. The molecule has 20 heavy (non-hydrogen) atoms. The number of hydrogen-bond donors (Lipinski definition) is 2. The highest BCUT2D eigenvalue weighted by Gasteiger charge is 2.10. The summed E-state index contributed by atoms with van der Waals surface area (Å²) in [7, 11) is 1.51. The Kier molecular flexibility index (Phi) is 3.69. The van der Waals surface area contributed by atoms with Gasteiger partial charge in [-0.15, -0.1) is 0 Å². The van der Waals surface area contributed by atoms with Gasteiger partial charge in [-0.3, -0.25) is 0 Å². The average molecular weight is 265 g/mol. The largest absolute Gasteiger partial charge is 0.495 e. The molecule has 3 N–H and O–H groups in total. The van der Waals surface area contributed by atoms with E-state index in [9.17, 15) is 0 Å². The molecule has 0 spiro atoms. The highest BCUT2D eigenvalue weighted by Crippen LogP contribution is 2.30. The van der Waals surface area contributed by atoms with Gasteiger partial charge in [-0.1, -0.05) is 6.07 Å². The number of nitrogens with zero attached hydrogens (tertiary/aromatic N) is 3. The van der Waals surface area contributed by atoms with Crippen LogP contribution in [0.2, 0.25) is 0 Å². The van der Waals surface area contributed by atoms with E-state index in [1.54, 1.807) is 30.3 Å². The average Bonchev–Trinajstić information content (AvgIpc) is 2.49. The maximum Gasteiger partial charge on any atom is 0.165 e. The van der Waals surface area contributed by atoms with Crippen LogP contribution >= 0.6 is 0 Å². The van der Waals surface area contributed by atoms with E-state index in [1.165, 1.54) is 7.11 Å². The highest BCUT2D eigenvalue weighted by molar-refractivity contribution is 5.72. The molecule has 6 heteroatoms. The summed E-state index contributed by atoms with van der Waals surface area (Å²) >= 11 is 0. The van der Waals surface area contributed by atoms with Crippen LogP contribution in [0, 0.1) is 22.7 Å². The number of hydrogen-bond acceptors (Lipinski definition) is 6. The second-order valence-corrected chi connectivity index (χ2v) is 3.87. The molecule has 0 fully saturated rings. The summed E-state index contributed by atoms with van der Waals surface area (Å²) in [5, 5.41) is 21.0. The third kappa shape index (κ3) is 2.45. The van der Waals surface area contributed by atoms with Gasteiger partial charge in [-0.25, -0.2) is 4.98 Å². The Morgan fingerprint density at radius 2 is 2.00 bits per heavy atom. The van der Waals surface area contributed by atoms with Gasteiger partial charge < -0.3 is 15.8 Å². The molecule has 0 saturated heterocycles. The molecule has 0 saturated carbocycles. The van der Waals surface area contributed by atoms with Gasteiger partial charge in [0.25, 0.3) is 0 Å². The van der Waals surface area contributed by atoms with Crippen molar-refractivity contribution in [3.05, 3.63) is 41.6 Å². The Morgan fingerprint density at radius 3 is 2.65 bits per heavy atom. The molecule has 0 atom stereocenters. The van der Waals surface area contributed by atoms with E-state index in [0.29, 0.717) is 28.5 Å². The van der Waals surface area contributed by atoms with E-state index >= 15 is 0 Å². The molecule has 0 aliphatic carbocycles. The Balaban J connectivity index is 2.45. The number of ether oxygens (including phenoxy) is 1. The molecule has 2 rings (SSSR count). The topological polar surface area (TPSA) is 108 Å². The van der Waals surface area contributed by atoms with Crippen LogP contribution in [0.1, 0.15) is 11.3 Å². The molecule has 1 aromatic carbocycles. The lowest BCUT2D eigenvalue weighted by molar-refractivity contribution is 0.416. The summed E-state index contributed by atoms with van der Waals surface area (Å²) in [5.41, 5.74) is 6.96. The third-order valence-corrected chi connectivity index (χ3v) is 2.65. The van der Waals surface area contributed by atoms with Gasteiger partial charge in [0.05, 0.1) is 18.4 Å². The lowest BCUT2D eigenvalue weighted by Crippen LogP contribution is -2.02. The summed E-state index contributed by atoms with van der Waals surface area (Å²) in [6, 6.07) is 12.3. The maximum absolute atomic E-state index is 9.12. The van der Waals surface area contributed by atoms with Crippen molar-refractivity contribution in [3.63, 3.8) is 0 Å². The first-order chi connectivity index (χ1) is 9.69. The molecule has 0 aliphatic heterocycles. The quantitative estimate of drug-likeness (QED) is 0.880. The molecule has 0 unspecified atom stereocenters. The monoisotopic (exact) mass is 265 g/mol. The number of nitrogen functional groups attached to an aromatic ring is 1. The summed E-state index contributed by atoms with van der Waals surface area (Å²) in [5.74, 6) is 0.929. The number of nitriles is 2. The highest BCUT2D eigenvalue weighted by atomic mass is 16.5. The van der Waals surface area contributed by atoms with Crippen LogP contribution in [0.15, 0.2) is 30.3 Å². The van der Waals surface area contributed by atoms with Gasteiger partial charge in [-0.05, 0) is 24.3 Å². The summed E-state index contributed by atoms with van der Waals surface area (Å²) in [6.07, 6.45) is 0. The Bertz CT molecular complexity index is 727. The molecular weight excluding hydrogens is 254 g/mol. The van der Waals surface area contributed by atoms with E-state index in [-0.39, 0.29) is 5.69 Å². The lowest BCUT2D eigenvalue weighted by atomic mass is 10.1. The fraction of sp³-hybridized carbons (Fsp3) is 0.0714. The molecule has 0 bridgehead atoms. The van der Waals surface area contributed by atoms with Crippen molar-refractivity contribution in [3.8, 4) is 17.9 Å². The number of nitrogens with one attached hydrogen (secondary N) is 1. The van der Waals surface area contributed by atoms with Gasteiger partial charge in [0.1, 0.15) is 29.4 Å². The van der Waals surface area contributed by atoms with Crippen LogP contribution in [-0.4, -0.2) is 12.1 Å². The van der Waals surface area contributed by atoms with E-state index in [0.717, 1.165) is 0 Å². The van der Waals surface area contributed by atoms with E-state index in [1.807, 2.05) is 6.07 Å². The zero-order valence-electron chi connectivity index (χ0n) is 10.7. The number of benzene rings is 1. The van der Waals surface area contributed by atoms with Gasteiger partial charge in [-0.2, -0.15) is 10.5 Å². The van der Waals surface area contributed by atoms with Crippen LogP contribution < -0.4 is 15.8 Å². The smallest absolute Gasteiger partial charge is 0.165 e. The van der Waals surface area contributed by atoms with E-state index in [4.69, 9.17) is 21.0 Å². The minimum absolute atomic E-state index is 0.128. The number of anilines is 3. The minimum atomic E-state index is 0.128. The number of pyridine rings is 1.